The number of aromatic carboxylic acids is 1. The van der Waals surface area contributed by atoms with Crippen molar-refractivity contribution in [3.63, 3.8) is 0 Å². The number of benzene rings is 2. The fourth-order valence-corrected chi connectivity index (χ4v) is 3.86. The topological polar surface area (TPSA) is 130 Å². The predicted molar refractivity (Wildman–Crippen MR) is 122 cm³/mol. The largest absolute Gasteiger partial charge is 0.478 e. The lowest BCUT2D eigenvalue weighted by atomic mass is 10.1. The first-order chi connectivity index (χ1) is 15.7. The molecule has 9 nitrogen and oxygen atoms in total. The average molecular weight is 489 g/mol. The summed E-state index contributed by atoms with van der Waals surface area (Å²) < 4.78 is 4.91. The smallest absolute Gasteiger partial charge is 0.339 e. The van der Waals surface area contributed by atoms with Crippen molar-refractivity contribution in [3.05, 3.63) is 69.1 Å². The summed E-state index contributed by atoms with van der Waals surface area (Å²) >= 11 is 6.67. The molecule has 3 amide bonds. The highest BCUT2D eigenvalue weighted by Crippen LogP contribution is 2.32. The maximum absolute atomic E-state index is 12.6. The molecule has 3 rings (SSSR count). The molecule has 2 aromatic rings. The number of ether oxygens (including phenoxy) is 1. The molecule has 1 heterocycles. The van der Waals surface area contributed by atoms with Crippen molar-refractivity contribution >= 4 is 64.1 Å². The van der Waals surface area contributed by atoms with Gasteiger partial charge in [-0.1, -0.05) is 23.7 Å². The van der Waals surface area contributed by atoms with E-state index in [9.17, 15) is 24.0 Å². The van der Waals surface area contributed by atoms with Crippen LogP contribution in [0.25, 0.3) is 6.08 Å². The van der Waals surface area contributed by atoms with Crippen LogP contribution in [0.2, 0.25) is 5.02 Å². The van der Waals surface area contributed by atoms with Crippen molar-refractivity contribution < 1.29 is 33.8 Å². The van der Waals surface area contributed by atoms with Crippen LogP contribution >= 0.6 is 23.4 Å². The number of carbonyl (C=O) groups is 5. The van der Waals surface area contributed by atoms with E-state index in [1.165, 1.54) is 48.5 Å². The summed E-state index contributed by atoms with van der Waals surface area (Å²) in [7, 11) is 0. The van der Waals surface area contributed by atoms with Gasteiger partial charge in [-0.15, -0.1) is 0 Å². The van der Waals surface area contributed by atoms with Crippen LogP contribution in [0.5, 0.6) is 0 Å². The summed E-state index contributed by atoms with van der Waals surface area (Å²) in [4.78, 5) is 61.1. The molecule has 0 bridgehead atoms. The highest BCUT2D eigenvalue weighted by Gasteiger charge is 2.36. The molecule has 11 heteroatoms. The van der Waals surface area contributed by atoms with Crippen molar-refractivity contribution in [2.75, 3.05) is 18.5 Å². The van der Waals surface area contributed by atoms with E-state index >= 15 is 0 Å². The first-order valence-electron chi connectivity index (χ1n) is 9.55. The Bertz CT molecular complexity index is 1180. The Labute approximate surface area is 197 Å². The van der Waals surface area contributed by atoms with Crippen molar-refractivity contribution in [3.8, 4) is 0 Å². The summed E-state index contributed by atoms with van der Waals surface area (Å²) in [5, 5.41) is 11.0. The molecule has 2 N–H and O–H groups in total. The number of esters is 1. The second-order valence-corrected chi connectivity index (χ2v) is 8.06. The monoisotopic (exact) mass is 488 g/mol. The minimum Gasteiger partial charge on any atom is -0.478 e. The van der Waals surface area contributed by atoms with Crippen LogP contribution < -0.4 is 5.32 Å². The molecule has 1 aliphatic rings. The molecular weight excluding hydrogens is 472 g/mol. The Morgan fingerprint density at radius 3 is 2.48 bits per heavy atom. The highest BCUT2D eigenvalue weighted by molar-refractivity contribution is 8.18. The van der Waals surface area contributed by atoms with Gasteiger partial charge in [0.15, 0.2) is 0 Å². The number of imide groups is 1. The van der Waals surface area contributed by atoms with E-state index in [2.05, 4.69) is 5.32 Å². The van der Waals surface area contributed by atoms with Crippen LogP contribution in [0.1, 0.15) is 33.2 Å². The highest BCUT2D eigenvalue weighted by atomic mass is 35.5. The molecule has 0 saturated carbocycles. The normalized spacial score (nSPS) is 14.5. The molecule has 1 aliphatic heterocycles. The maximum Gasteiger partial charge on any atom is 0.339 e. The van der Waals surface area contributed by atoms with Crippen molar-refractivity contribution in [2.24, 2.45) is 0 Å². The minimum atomic E-state index is -1.08. The lowest BCUT2D eigenvalue weighted by molar-refractivity contribution is -0.127. The van der Waals surface area contributed by atoms with Gasteiger partial charge < -0.3 is 15.2 Å². The van der Waals surface area contributed by atoms with Crippen LogP contribution in [0.15, 0.2) is 47.4 Å². The number of hydrogen-bond donors (Lipinski definition) is 2. The zero-order chi connectivity index (χ0) is 24.1. The average Bonchev–Trinajstić information content (AvgIpc) is 3.03. The molecule has 0 unspecified atom stereocenters. The first kappa shape index (κ1) is 24.0. The molecule has 2 aromatic carbocycles. The molecule has 0 atom stereocenters. The standard InChI is InChI=1S/C22H17ClN2O7S/c1-2-32-21(30)15-10-14(7-8-16(15)23)24-18(26)11-25-19(27)17(33-22(25)31)9-12-3-5-13(6-4-12)20(28)29/h3-10H,2,11H2,1H3,(H,24,26)(H,28,29)/b17-9-. The third-order valence-electron chi connectivity index (χ3n) is 4.38. The minimum absolute atomic E-state index is 0.0688. The quantitative estimate of drug-likeness (QED) is 0.443. The van der Waals surface area contributed by atoms with E-state index in [1.54, 1.807) is 6.92 Å². The van der Waals surface area contributed by atoms with Gasteiger partial charge in [0.1, 0.15) is 6.54 Å². The maximum atomic E-state index is 12.6. The van der Waals surface area contributed by atoms with E-state index in [0.29, 0.717) is 17.3 Å². The van der Waals surface area contributed by atoms with Crippen molar-refractivity contribution in [1.82, 2.24) is 4.90 Å². The van der Waals surface area contributed by atoms with Gasteiger partial charge in [0.2, 0.25) is 5.91 Å². The van der Waals surface area contributed by atoms with E-state index in [0.717, 1.165) is 4.90 Å². The Balaban J connectivity index is 1.68. The van der Waals surface area contributed by atoms with E-state index < -0.39 is 35.5 Å². The fourth-order valence-electron chi connectivity index (χ4n) is 2.82. The fraction of sp³-hybridized carbons (Fsp3) is 0.136. The molecule has 0 radical (unpaired) electrons. The number of anilines is 1. The van der Waals surface area contributed by atoms with Gasteiger partial charge in [0.05, 0.1) is 27.7 Å². The number of hydrogen-bond acceptors (Lipinski definition) is 7. The summed E-state index contributed by atoms with van der Waals surface area (Å²) in [6, 6.07) is 9.99. The molecule has 0 spiro atoms. The number of carbonyl (C=O) groups excluding carboxylic acids is 4. The lowest BCUT2D eigenvalue weighted by Gasteiger charge is -2.13. The van der Waals surface area contributed by atoms with Crippen molar-refractivity contribution in [1.29, 1.82) is 0 Å². The molecular formula is C22H17ClN2O7S. The number of amides is 3. The number of carboxylic acid groups (broad SMARTS) is 1. The van der Waals surface area contributed by atoms with Gasteiger partial charge in [-0.3, -0.25) is 19.3 Å². The predicted octanol–water partition coefficient (Wildman–Crippen LogP) is 3.89. The van der Waals surface area contributed by atoms with Crippen LogP contribution in [-0.2, 0) is 14.3 Å². The van der Waals surface area contributed by atoms with Crippen LogP contribution in [0.4, 0.5) is 10.5 Å². The Kier molecular flexibility index (Phi) is 7.52. The Morgan fingerprint density at radius 2 is 1.85 bits per heavy atom. The summed E-state index contributed by atoms with van der Waals surface area (Å²) in [6.45, 7) is 1.27. The zero-order valence-corrected chi connectivity index (χ0v) is 18.7. The molecule has 0 aliphatic carbocycles. The number of nitrogens with one attached hydrogen (secondary N) is 1. The summed E-state index contributed by atoms with van der Waals surface area (Å²) in [5.74, 6) is -3.03. The number of thioether (sulfide) groups is 1. The molecule has 1 fully saturated rings. The summed E-state index contributed by atoms with van der Waals surface area (Å²) in [6.07, 6.45) is 1.44. The van der Waals surface area contributed by atoms with Gasteiger partial charge in [0, 0.05) is 5.69 Å². The first-order valence-corrected chi connectivity index (χ1v) is 10.7. The van der Waals surface area contributed by atoms with Gasteiger partial charge in [-0.2, -0.15) is 0 Å². The second kappa shape index (κ2) is 10.3. The third kappa shape index (κ3) is 5.79. The number of rotatable bonds is 7. The number of carboxylic acids is 1. The zero-order valence-electron chi connectivity index (χ0n) is 17.2. The second-order valence-electron chi connectivity index (χ2n) is 6.66. The van der Waals surface area contributed by atoms with Gasteiger partial charge in [-0.25, -0.2) is 9.59 Å². The number of nitrogens with zero attached hydrogens (tertiary/aromatic N) is 1. The Morgan fingerprint density at radius 1 is 1.15 bits per heavy atom. The SMILES string of the molecule is CCOC(=O)c1cc(NC(=O)CN2C(=O)S/C(=C\c3ccc(C(=O)O)cc3)C2=O)ccc1Cl. The van der Waals surface area contributed by atoms with Gasteiger partial charge in [0.25, 0.3) is 11.1 Å². The molecule has 1 saturated heterocycles. The van der Waals surface area contributed by atoms with Crippen LogP contribution in [0, 0.1) is 0 Å². The van der Waals surface area contributed by atoms with E-state index in [4.69, 9.17) is 21.4 Å². The van der Waals surface area contributed by atoms with E-state index in [1.807, 2.05) is 0 Å². The molecule has 0 aromatic heterocycles. The van der Waals surface area contributed by atoms with Gasteiger partial charge in [-0.05, 0) is 60.7 Å². The lowest BCUT2D eigenvalue weighted by Crippen LogP contribution is -2.36. The van der Waals surface area contributed by atoms with Crippen LogP contribution in [0.3, 0.4) is 0 Å². The molecule has 33 heavy (non-hydrogen) atoms. The van der Waals surface area contributed by atoms with Crippen molar-refractivity contribution in [2.45, 2.75) is 6.92 Å². The third-order valence-corrected chi connectivity index (χ3v) is 5.61. The van der Waals surface area contributed by atoms with Crippen LogP contribution in [-0.4, -0.2) is 52.2 Å². The van der Waals surface area contributed by atoms with Gasteiger partial charge >= 0.3 is 11.9 Å². The summed E-state index contributed by atoms with van der Waals surface area (Å²) in [5.41, 5.74) is 0.931. The Hall–Kier alpha value is -3.63. The molecule has 170 valence electrons. The number of halogens is 1. The van der Waals surface area contributed by atoms with E-state index in [-0.39, 0.29) is 33.3 Å².